The lowest BCUT2D eigenvalue weighted by Gasteiger charge is -2.20. The van der Waals surface area contributed by atoms with Gasteiger partial charge in [-0.05, 0) is 19.1 Å². The van der Waals surface area contributed by atoms with E-state index < -0.39 is 22.1 Å². The number of hydrogen-bond donors (Lipinski definition) is 2. The monoisotopic (exact) mass is 310 g/mol. The Morgan fingerprint density at radius 2 is 2.16 bits per heavy atom. The molecule has 0 saturated carbocycles. The number of aliphatic hydroxyl groups excluding tert-OH is 1. The highest BCUT2D eigenvalue weighted by atomic mass is 35.5. The lowest BCUT2D eigenvalue weighted by atomic mass is 10.2. The largest absolute Gasteiger partial charge is 0.395 e. The summed E-state index contributed by atoms with van der Waals surface area (Å²) >= 11 is 5.83. The molecule has 0 bridgehead atoms. The molecule has 0 aromatic heterocycles. The van der Waals surface area contributed by atoms with Crippen molar-refractivity contribution in [2.75, 3.05) is 13.7 Å². The van der Waals surface area contributed by atoms with Crippen molar-refractivity contribution in [3.05, 3.63) is 34.6 Å². The van der Waals surface area contributed by atoms with Crippen molar-refractivity contribution in [1.82, 2.24) is 9.03 Å². The van der Waals surface area contributed by atoms with Crippen molar-refractivity contribution >= 4 is 21.8 Å². The molecule has 0 aliphatic heterocycles. The van der Waals surface area contributed by atoms with E-state index in [2.05, 4.69) is 4.72 Å². The van der Waals surface area contributed by atoms with E-state index in [1.165, 1.54) is 32.2 Å². The van der Waals surface area contributed by atoms with Crippen LogP contribution in [0, 0.1) is 5.82 Å². The molecule has 108 valence electrons. The smallest absolute Gasteiger partial charge is 0.279 e. The normalized spacial score (nSPS) is 13.8. The lowest BCUT2D eigenvalue weighted by Crippen LogP contribution is -2.43. The number of nitrogens with one attached hydrogen (secondary N) is 1. The Kier molecular flexibility index (Phi) is 5.69. The van der Waals surface area contributed by atoms with Gasteiger partial charge in [-0.1, -0.05) is 17.7 Å². The fourth-order valence-electron chi connectivity index (χ4n) is 1.37. The Morgan fingerprint density at radius 3 is 2.68 bits per heavy atom. The van der Waals surface area contributed by atoms with E-state index in [4.69, 9.17) is 16.7 Å². The second-order valence-electron chi connectivity index (χ2n) is 4.16. The molecule has 0 amide bonds. The van der Waals surface area contributed by atoms with Crippen LogP contribution in [0.25, 0.3) is 0 Å². The second-order valence-corrected chi connectivity index (χ2v) is 6.38. The van der Waals surface area contributed by atoms with Gasteiger partial charge >= 0.3 is 0 Å². The first-order valence-corrected chi connectivity index (χ1v) is 7.37. The van der Waals surface area contributed by atoms with Gasteiger partial charge in [0.2, 0.25) is 0 Å². The Bertz CT molecular complexity index is 518. The summed E-state index contributed by atoms with van der Waals surface area (Å²) in [5.74, 6) is -0.565. The van der Waals surface area contributed by atoms with Crippen molar-refractivity contribution in [2.24, 2.45) is 0 Å². The summed E-state index contributed by atoms with van der Waals surface area (Å²) in [6.07, 6.45) is 0. The Balaban J connectivity index is 2.88. The molecule has 0 spiro atoms. The van der Waals surface area contributed by atoms with Crippen LogP contribution >= 0.6 is 11.6 Å². The van der Waals surface area contributed by atoms with Gasteiger partial charge in [-0.2, -0.15) is 17.4 Å². The molecule has 1 aromatic rings. The number of aliphatic hydroxyl groups is 1. The lowest BCUT2D eigenvalue weighted by molar-refractivity contribution is 0.263. The number of halogens is 2. The number of nitrogens with zero attached hydrogens (tertiary/aromatic N) is 1. The van der Waals surface area contributed by atoms with Gasteiger partial charge in [0.05, 0.1) is 6.61 Å². The van der Waals surface area contributed by atoms with Crippen molar-refractivity contribution in [3.8, 4) is 0 Å². The maximum absolute atomic E-state index is 13.6. The second kappa shape index (κ2) is 6.62. The fourth-order valence-corrected chi connectivity index (χ4v) is 2.66. The summed E-state index contributed by atoms with van der Waals surface area (Å²) in [7, 11) is -2.50. The quantitative estimate of drug-likeness (QED) is 0.827. The third-order valence-corrected chi connectivity index (χ3v) is 4.48. The summed E-state index contributed by atoms with van der Waals surface area (Å²) in [5, 5.41) is 9.00. The maximum Gasteiger partial charge on any atom is 0.279 e. The van der Waals surface area contributed by atoms with Crippen molar-refractivity contribution < 1.29 is 17.9 Å². The SMILES string of the molecule is CC(CO)NS(=O)(=O)N(C)Cc1c(F)cccc1Cl. The number of rotatable bonds is 6. The number of benzene rings is 1. The predicted octanol–water partition coefficient (Wildman–Crippen LogP) is 1.13. The van der Waals surface area contributed by atoms with E-state index in [1.54, 1.807) is 0 Å². The molecule has 1 unspecified atom stereocenters. The van der Waals surface area contributed by atoms with Crippen LogP contribution in [0.15, 0.2) is 18.2 Å². The van der Waals surface area contributed by atoms with Crippen LogP contribution in [0.1, 0.15) is 12.5 Å². The Morgan fingerprint density at radius 1 is 1.53 bits per heavy atom. The van der Waals surface area contributed by atoms with E-state index >= 15 is 0 Å². The van der Waals surface area contributed by atoms with Crippen LogP contribution in [-0.2, 0) is 16.8 Å². The summed E-state index contributed by atoms with van der Waals surface area (Å²) in [4.78, 5) is 0. The topological polar surface area (TPSA) is 69.6 Å². The van der Waals surface area contributed by atoms with Crippen LogP contribution in [0.5, 0.6) is 0 Å². The van der Waals surface area contributed by atoms with Crippen LogP contribution in [0.2, 0.25) is 5.02 Å². The fraction of sp³-hybridized carbons (Fsp3) is 0.455. The first kappa shape index (κ1) is 16.3. The zero-order valence-corrected chi connectivity index (χ0v) is 12.2. The molecule has 0 radical (unpaired) electrons. The predicted molar refractivity (Wildman–Crippen MR) is 71.5 cm³/mol. The van der Waals surface area contributed by atoms with E-state index in [1.807, 2.05) is 0 Å². The minimum Gasteiger partial charge on any atom is -0.395 e. The van der Waals surface area contributed by atoms with Crippen LogP contribution in [0.3, 0.4) is 0 Å². The van der Waals surface area contributed by atoms with E-state index in [0.29, 0.717) is 0 Å². The minimum atomic E-state index is -3.81. The average molecular weight is 311 g/mol. The molecule has 1 rings (SSSR count). The van der Waals surface area contributed by atoms with Crippen molar-refractivity contribution in [2.45, 2.75) is 19.5 Å². The zero-order valence-electron chi connectivity index (χ0n) is 10.6. The van der Waals surface area contributed by atoms with Crippen LogP contribution in [-0.4, -0.2) is 37.5 Å². The Labute approximate surface area is 117 Å². The molecule has 0 saturated heterocycles. The molecule has 1 atom stereocenters. The zero-order chi connectivity index (χ0) is 14.6. The molecule has 0 aliphatic rings. The first-order chi connectivity index (χ1) is 8.77. The van der Waals surface area contributed by atoms with Gasteiger partial charge in [0.1, 0.15) is 5.82 Å². The molecule has 8 heteroatoms. The van der Waals surface area contributed by atoms with E-state index in [9.17, 15) is 12.8 Å². The van der Waals surface area contributed by atoms with Crippen molar-refractivity contribution in [1.29, 1.82) is 0 Å². The summed E-state index contributed by atoms with van der Waals surface area (Å²) in [6, 6.07) is 3.53. The summed E-state index contributed by atoms with van der Waals surface area (Å²) in [6.45, 7) is 0.994. The molecule has 5 nitrogen and oxygen atoms in total. The van der Waals surface area contributed by atoms with Gasteiger partial charge in [0, 0.05) is 30.2 Å². The summed E-state index contributed by atoms with van der Waals surface area (Å²) in [5.41, 5.74) is 0.105. The Hall–Kier alpha value is -0.730. The summed E-state index contributed by atoms with van der Waals surface area (Å²) < 4.78 is 40.5. The van der Waals surface area contributed by atoms with Crippen LogP contribution in [0.4, 0.5) is 4.39 Å². The van der Waals surface area contributed by atoms with E-state index in [-0.39, 0.29) is 23.7 Å². The highest BCUT2D eigenvalue weighted by Gasteiger charge is 2.22. The standard InChI is InChI=1S/C11H16ClFN2O3S/c1-8(7-16)14-19(17,18)15(2)6-9-10(12)4-3-5-11(9)13/h3-5,8,14,16H,6-7H2,1-2H3. The minimum absolute atomic E-state index is 0.105. The highest BCUT2D eigenvalue weighted by molar-refractivity contribution is 7.87. The third-order valence-electron chi connectivity index (χ3n) is 2.48. The molecule has 0 aliphatic carbocycles. The van der Waals surface area contributed by atoms with Gasteiger partial charge < -0.3 is 5.11 Å². The number of hydrogen-bond acceptors (Lipinski definition) is 3. The molecule has 0 fully saturated rings. The molecule has 0 heterocycles. The molecule has 2 N–H and O–H groups in total. The third kappa shape index (κ3) is 4.39. The molecular weight excluding hydrogens is 295 g/mol. The highest BCUT2D eigenvalue weighted by Crippen LogP contribution is 2.21. The van der Waals surface area contributed by atoms with Crippen molar-refractivity contribution in [3.63, 3.8) is 0 Å². The van der Waals surface area contributed by atoms with Gasteiger partial charge in [0.25, 0.3) is 10.2 Å². The van der Waals surface area contributed by atoms with Gasteiger partial charge in [-0.25, -0.2) is 4.39 Å². The van der Waals surface area contributed by atoms with Gasteiger partial charge in [-0.3, -0.25) is 0 Å². The average Bonchev–Trinajstić information content (AvgIpc) is 2.33. The molecular formula is C11H16ClFN2O3S. The van der Waals surface area contributed by atoms with Gasteiger partial charge in [0.15, 0.2) is 0 Å². The van der Waals surface area contributed by atoms with Gasteiger partial charge in [-0.15, -0.1) is 0 Å². The molecule has 19 heavy (non-hydrogen) atoms. The maximum atomic E-state index is 13.6. The first-order valence-electron chi connectivity index (χ1n) is 5.55. The molecule has 1 aromatic carbocycles. The van der Waals surface area contributed by atoms with Crippen LogP contribution < -0.4 is 4.72 Å². The van der Waals surface area contributed by atoms with E-state index in [0.717, 1.165) is 4.31 Å².